The highest BCUT2D eigenvalue weighted by molar-refractivity contribution is 5.70. The lowest BCUT2D eigenvalue weighted by Crippen LogP contribution is -2.15. The predicted molar refractivity (Wildman–Crippen MR) is 48.5 cm³/mol. The average molecular weight is 204 g/mol. The minimum Gasteiger partial charge on any atom is -0.469 e. The van der Waals surface area contributed by atoms with Gasteiger partial charge in [0.1, 0.15) is 0 Å². The van der Waals surface area contributed by atoms with Gasteiger partial charge < -0.3 is 14.6 Å². The molecular weight excluding hydrogens is 188 g/mol. The number of rotatable bonds is 6. The van der Waals surface area contributed by atoms with Crippen molar-refractivity contribution in [2.75, 3.05) is 14.2 Å². The largest absolute Gasteiger partial charge is 0.469 e. The molecule has 0 fully saturated rings. The molecule has 82 valence electrons. The van der Waals surface area contributed by atoms with Crippen molar-refractivity contribution in [2.45, 2.75) is 31.8 Å². The summed E-state index contributed by atoms with van der Waals surface area (Å²) < 4.78 is 8.80. The Balaban J connectivity index is 3.49. The lowest BCUT2D eigenvalue weighted by atomic mass is 10.1. The minimum atomic E-state index is -0.743. The summed E-state index contributed by atoms with van der Waals surface area (Å²) in [7, 11) is 2.58. The molecule has 0 aliphatic rings. The van der Waals surface area contributed by atoms with E-state index in [0.29, 0.717) is 12.8 Å². The van der Waals surface area contributed by atoms with Crippen LogP contribution >= 0.6 is 0 Å². The van der Waals surface area contributed by atoms with Gasteiger partial charge in [0.2, 0.25) is 0 Å². The predicted octanol–water partition coefficient (Wildman–Crippen LogP) is 0.254. The van der Waals surface area contributed by atoms with Crippen LogP contribution in [0.1, 0.15) is 25.7 Å². The molecule has 0 saturated heterocycles. The summed E-state index contributed by atoms with van der Waals surface area (Å²) in [6.07, 6.45) is 0.383. The monoisotopic (exact) mass is 204 g/mol. The van der Waals surface area contributed by atoms with Crippen LogP contribution in [-0.4, -0.2) is 37.4 Å². The Hall–Kier alpha value is -1.10. The molecule has 0 amide bonds. The van der Waals surface area contributed by atoms with Crippen molar-refractivity contribution in [1.29, 1.82) is 0 Å². The van der Waals surface area contributed by atoms with Crippen LogP contribution in [0.2, 0.25) is 0 Å². The fourth-order valence-electron chi connectivity index (χ4n) is 0.962. The molecule has 1 N–H and O–H groups in total. The maximum Gasteiger partial charge on any atom is 0.308 e. The van der Waals surface area contributed by atoms with Crippen molar-refractivity contribution in [1.82, 2.24) is 0 Å². The highest BCUT2D eigenvalue weighted by Crippen LogP contribution is 2.05. The van der Waals surface area contributed by atoms with Crippen LogP contribution < -0.4 is 0 Å². The van der Waals surface area contributed by atoms with Crippen LogP contribution in [0.4, 0.5) is 0 Å². The molecule has 0 aliphatic heterocycles. The summed E-state index contributed by atoms with van der Waals surface area (Å²) in [4.78, 5) is 21.4. The van der Waals surface area contributed by atoms with E-state index in [2.05, 4.69) is 9.47 Å². The highest BCUT2D eigenvalue weighted by atomic mass is 16.5. The second kappa shape index (κ2) is 7.32. The van der Waals surface area contributed by atoms with Crippen molar-refractivity contribution >= 4 is 11.9 Å². The van der Waals surface area contributed by atoms with Gasteiger partial charge in [0.15, 0.2) is 0 Å². The quantitative estimate of drug-likeness (QED) is 0.628. The molecule has 0 radical (unpaired) electrons. The fraction of sp³-hybridized carbons (Fsp3) is 0.778. The molecule has 1 atom stereocenters. The summed E-state index contributed by atoms with van der Waals surface area (Å²) in [5.74, 6) is -0.758. The highest BCUT2D eigenvalue weighted by Gasteiger charge is 2.11. The molecular formula is C9H16O5. The first kappa shape index (κ1) is 12.9. The molecule has 0 saturated carbocycles. The Kier molecular flexibility index (Phi) is 6.74. The topological polar surface area (TPSA) is 72.8 Å². The molecule has 0 aromatic carbocycles. The minimum absolute atomic E-state index is 0.0301. The number of ether oxygens (including phenoxy) is 2. The third-order valence-corrected chi connectivity index (χ3v) is 1.78. The second-order valence-corrected chi connectivity index (χ2v) is 2.90. The van der Waals surface area contributed by atoms with Crippen LogP contribution in [0.5, 0.6) is 0 Å². The number of aliphatic hydroxyl groups excluding tert-OH is 1. The van der Waals surface area contributed by atoms with Gasteiger partial charge in [-0.15, -0.1) is 0 Å². The van der Waals surface area contributed by atoms with Gasteiger partial charge in [0, 0.05) is 6.42 Å². The van der Waals surface area contributed by atoms with E-state index in [0.717, 1.165) is 0 Å². The fourth-order valence-corrected chi connectivity index (χ4v) is 0.962. The van der Waals surface area contributed by atoms with Gasteiger partial charge in [-0.05, 0) is 12.8 Å². The van der Waals surface area contributed by atoms with Gasteiger partial charge in [-0.1, -0.05) is 0 Å². The summed E-state index contributed by atoms with van der Waals surface area (Å²) in [6, 6.07) is 0. The molecule has 0 unspecified atom stereocenters. The van der Waals surface area contributed by atoms with Gasteiger partial charge in [-0.25, -0.2) is 0 Å². The van der Waals surface area contributed by atoms with E-state index < -0.39 is 12.1 Å². The molecule has 0 aromatic rings. The number of carbonyl (C=O) groups is 2. The van der Waals surface area contributed by atoms with Crippen LogP contribution in [0.25, 0.3) is 0 Å². The van der Waals surface area contributed by atoms with Crippen molar-refractivity contribution in [3.05, 3.63) is 0 Å². The Morgan fingerprint density at radius 1 is 1.21 bits per heavy atom. The first-order valence-corrected chi connectivity index (χ1v) is 4.41. The average Bonchev–Trinajstić information content (AvgIpc) is 2.17. The third kappa shape index (κ3) is 6.42. The summed E-state index contributed by atoms with van der Waals surface area (Å²) >= 11 is 0. The van der Waals surface area contributed by atoms with Gasteiger partial charge >= 0.3 is 11.9 Å². The van der Waals surface area contributed by atoms with Crippen LogP contribution in [0.15, 0.2) is 0 Å². The zero-order valence-corrected chi connectivity index (χ0v) is 8.49. The Morgan fingerprint density at radius 3 is 2.29 bits per heavy atom. The van der Waals surface area contributed by atoms with Gasteiger partial charge in [-0.2, -0.15) is 0 Å². The van der Waals surface area contributed by atoms with E-state index in [9.17, 15) is 14.7 Å². The first-order chi connectivity index (χ1) is 6.60. The number of carbonyl (C=O) groups excluding carboxylic acids is 2. The van der Waals surface area contributed by atoms with Crippen LogP contribution in [0, 0.1) is 0 Å². The Bertz CT molecular complexity index is 190. The molecule has 5 nitrogen and oxygen atoms in total. The maximum absolute atomic E-state index is 10.7. The molecule has 0 rings (SSSR count). The number of aliphatic hydroxyl groups is 1. The summed E-state index contributed by atoms with van der Waals surface area (Å²) in [5.41, 5.74) is 0. The maximum atomic E-state index is 10.7. The SMILES string of the molecule is COC(=O)CCC[C@@H](O)CC(=O)OC. The van der Waals surface area contributed by atoms with E-state index in [1.807, 2.05) is 0 Å². The molecule has 0 bridgehead atoms. The lowest BCUT2D eigenvalue weighted by molar-refractivity contribution is -0.142. The van der Waals surface area contributed by atoms with E-state index in [-0.39, 0.29) is 18.8 Å². The van der Waals surface area contributed by atoms with Crippen LogP contribution in [0.3, 0.4) is 0 Å². The zero-order chi connectivity index (χ0) is 11.0. The number of hydrogen-bond acceptors (Lipinski definition) is 5. The van der Waals surface area contributed by atoms with Crippen molar-refractivity contribution in [3.63, 3.8) is 0 Å². The lowest BCUT2D eigenvalue weighted by Gasteiger charge is -2.07. The van der Waals surface area contributed by atoms with Gasteiger partial charge in [-0.3, -0.25) is 9.59 Å². The van der Waals surface area contributed by atoms with E-state index in [4.69, 9.17) is 0 Å². The normalized spacial score (nSPS) is 11.9. The molecule has 0 aliphatic carbocycles. The Labute approximate surface area is 83.0 Å². The molecule has 0 spiro atoms. The molecule has 14 heavy (non-hydrogen) atoms. The van der Waals surface area contributed by atoms with Crippen molar-refractivity contribution < 1.29 is 24.2 Å². The molecule has 5 heteroatoms. The smallest absolute Gasteiger partial charge is 0.308 e. The van der Waals surface area contributed by atoms with Crippen LogP contribution in [-0.2, 0) is 19.1 Å². The van der Waals surface area contributed by atoms with Gasteiger partial charge in [0.25, 0.3) is 0 Å². The van der Waals surface area contributed by atoms with Crippen molar-refractivity contribution in [2.24, 2.45) is 0 Å². The molecule has 0 heterocycles. The Morgan fingerprint density at radius 2 is 1.79 bits per heavy atom. The standard InChI is InChI=1S/C9H16O5/c1-13-8(11)5-3-4-7(10)6-9(12)14-2/h7,10H,3-6H2,1-2H3/t7-/m1/s1. The van der Waals surface area contributed by atoms with E-state index in [1.165, 1.54) is 14.2 Å². The second-order valence-electron chi connectivity index (χ2n) is 2.90. The third-order valence-electron chi connectivity index (χ3n) is 1.78. The number of methoxy groups -OCH3 is 2. The molecule has 0 aromatic heterocycles. The first-order valence-electron chi connectivity index (χ1n) is 4.41. The zero-order valence-electron chi connectivity index (χ0n) is 8.49. The summed E-state index contributed by atoms with van der Waals surface area (Å²) in [5, 5.41) is 9.28. The van der Waals surface area contributed by atoms with E-state index in [1.54, 1.807) is 0 Å². The number of hydrogen-bond donors (Lipinski definition) is 1. The number of esters is 2. The summed E-state index contributed by atoms with van der Waals surface area (Å²) in [6.45, 7) is 0. The van der Waals surface area contributed by atoms with Gasteiger partial charge in [0.05, 0.1) is 26.7 Å². The van der Waals surface area contributed by atoms with E-state index >= 15 is 0 Å². The van der Waals surface area contributed by atoms with Crippen molar-refractivity contribution in [3.8, 4) is 0 Å².